The van der Waals surface area contributed by atoms with E-state index in [1.165, 1.54) is 12.0 Å². The van der Waals surface area contributed by atoms with Crippen molar-refractivity contribution in [1.82, 2.24) is 14.7 Å². The lowest BCUT2D eigenvalue weighted by molar-refractivity contribution is -0.0332. The molecule has 27 heavy (non-hydrogen) atoms. The monoisotopic (exact) mass is 382 g/mol. The van der Waals surface area contributed by atoms with E-state index < -0.39 is 29.2 Å². The Kier molecular flexibility index (Phi) is 5.74. The van der Waals surface area contributed by atoms with E-state index in [4.69, 9.17) is 19.9 Å². The highest BCUT2D eigenvalue weighted by atomic mass is 16.6. The number of nitrogen functional groups attached to an aromatic ring is 1. The van der Waals surface area contributed by atoms with Gasteiger partial charge in [0.05, 0.1) is 37.5 Å². The topological polar surface area (TPSA) is 109 Å². The molecule has 1 aliphatic heterocycles. The quantitative estimate of drug-likeness (QED) is 0.782. The molecule has 1 amide bonds. The minimum Gasteiger partial charge on any atom is -0.464 e. The van der Waals surface area contributed by atoms with E-state index in [1.54, 1.807) is 25.5 Å². The summed E-state index contributed by atoms with van der Waals surface area (Å²) in [6.07, 6.45) is -0.491. The standard InChI is InChI=1S/C18H30N4O5/c1-17(2,3)22-14(19)12(13(20-22)15(23)25-7)11-10-26-9-8-21(11)16(24)27-18(4,5)6/h11H,8-10,19H2,1-7H3. The zero-order chi connectivity index (χ0) is 20.6. The van der Waals surface area contributed by atoms with E-state index in [9.17, 15) is 9.59 Å². The van der Waals surface area contributed by atoms with Gasteiger partial charge in [-0.05, 0) is 41.5 Å². The average molecular weight is 382 g/mol. The molecule has 1 saturated heterocycles. The van der Waals surface area contributed by atoms with Gasteiger partial charge < -0.3 is 19.9 Å². The summed E-state index contributed by atoms with van der Waals surface area (Å²) >= 11 is 0. The summed E-state index contributed by atoms with van der Waals surface area (Å²) in [7, 11) is 1.28. The second kappa shape index (κ2) is 7.38. The van der Waals surface area contributed by atoms with Crippen LogP contribution in [0, 0.1) is 0 Å². The summed E-state index contributed by atoms with van der Waals surface area (Å²) in [6.45, 7) is 12.0. The van der Waals surface area contributed by atoms with Crippen LogP contribution < -0.4 is 5.73 Å². The van der Waals surface area contributed by atoms with Crippen LogP contribution in [0.15, 0.2) is 0 Å². The van der Waals surface area contributed by atoms with E-state index in [2.05, 4.69) is 5.10 Å². The second-order valence-electron chi connectivity index (χ2n) is 8.49. The van der Waals surface area contributed by atoms with Crippen molar-refractivity contribution in [2.45, 2.75) is 58.7 Å². The Labute approximate surface area is 159 Å². The molecule has 0 bridgehead atoms. The molecule has 9 heteroatoms. The number of aromatic nitrogens is 2. The maximum absolute atomic E-state index is 12.7. The van der Waals surface area contributed by atoms with Crippen LogP contribution in [0.2, 0.25) is 0 Å². The number of hydrogen-bond donors (Lipinski definition) is 1. The molecule has 1 aromatic heterocycles. The Balaban J connectivity index is 2.54. The highest BCUT2D eigenvalue weighted by Crippen LogP contribution is 2.35. The van der Waals surface area contributed by atoms with Gasteiger partial charge in [0.25, 0.3) is 0 Å². The zero-order valence-corrected chi connectivity index (χ0v) is 17.2. The molecule has 0 spiro atoms. The lowest BCUT2D eigenvalue weighted by Crippen LogP contribution is -2.46. The van der Waals surface area contributed by atoms with E-state index in [0.717, 1.165) is 0 Å². The molecule has 1 aliphatic rings. The fourth-order valence-electron chi connectivity index (χ4n) is 2.91. The van der Waals surface area contributed by atoms with Crippen LogP contribution >= 0.6 is 0 Å². The molecule has 1 atom stereocenters. The number of rotatable bonds is 2. The SMILES string of the molecule is COC(=O)c1nn(C(C)(C)C)c(N)c1C1COCCN1C(=O)OC(C)(C)C. The Bertz CT molecular complexity index is 715. The molecule has 1 unspecified atom stereocenters. The van der Waals surface area contributed by atoms with Crippen molar-refractivity contribution in [3.05, 3.63) is 11.3 Å². The van der Waals surface area contributed by atoms with E-state index >= 15 is 0 Å². The highest BCUT2D eigenvalue weighted by molar-refractivity contribution is 5.91. The zero-order valence-electron chi connectivity index (χ0n) is 17.2. The third-order valence-electron chi connectivity index (χ3n) is 4.06. The van der Waals surface area contributed by atoms with Crippen molar-refractivity contribution in [3.8, 4) is 0 Å². The van der Waals surface area contributed by atoms with Crippen LogP contribution in [0.4, 0.5) is 10.6 Å². The number of carbonyl (C=O) groups excluding carboxylic acids is 2. The van der Waals surface area contributed by atoms with Gasteiger partial charge in [-0.25, -0.2) is 14.3 Å². The van der Waals surface area contributed by atoms with Gasteiger partial charge in [-0.15, -0.1) is 0 Å². The normalized spacial score (nSPS) is 18.3. The molecule has 0 saturated carbocycles. The minimum absolute atomic E-state index is 0.0778. The van der Waals surface area contributed by atoms with Crippen LogP contribution in [-0.2, 0) is 19.7 Å². The first-order valence-corrected chi connectivity index (χ1v) is 8.91. The molecule has 1 fully saturated rings. The van der Waals surface area contributed by atoms with E-state index in [-0.39, 0.29) is 12.3 Å². The molecule has 0 aliphatic carbocycles. The number of anilines is 1. The number of methoxy groups -OCH3 is 1. The summed E-state index contributed by atoms with van der Waals surface area (Å²) in [6, 6.07) is -0.598. The molecule has 152 valence electrons. The summed E-state index contributed by atoms with van der Waals surface area (Å²) in [5.41, 5.74) is 5.75. The molecular weight excluding hydrogens is 352 g/mol. The largest absolute Gasteiger partial charge is 0.464 e. The molecule has 0 radical (unpaired) electrons. The minimum atomic E-state index is -0.647. The first-order chi connectivity index (χ1) is 12.4. The molecule has 2 heterocycles. The Hall–Kier alpha value is -2.29. The van der Waals surface area contributed by atoms with Gasteiger partial charge in [-0.3, -0.25) is 4.90 Å². The second-order valence-corrected chi connectivity index (χ2v) is 8.49. The number of esters is 1. The molecule has 2 rings (SSSR count). The van der Waals surface area contributed by atoms with Gasteiger partial charge in [0.2, 0.25) is 0 Å². The lowest BCUT2D eigenvalue weighted by Gasteiger charge is -2.36. The fraction of sp³-hybridized carbons (Fsp3) is 0.722. The fourth-order valence-corrected chi connectivity index (χ4v) is 2.91. The van der Waals surface area contributed by atoms with Gasteiger partial charge in [-0.2, -0.15) is 5.10 Å². The summed E-state index contributed by atoms with van der Waals surface area (Å²) in [4.78, 5) is 26.6. The molecule has 0 aromatic carbocycles. The molecule has 2 N–H and O–H groups in total. The number of carbonyl (C=O) groups is 2. The first-order valence-electron chi connectivity index (χ1n) is 8.91. The van der Waals surface area contributed by atoms with Crippen LogP contribution in [-0.4, -0.2) is 59.2 Å². The maximum Gasteiger partial charge on any atom is 0.410 e. The third kappa shape index (κ3) is 4.52. The van der Waals surface area contributed by atoms with Gasteiger partial charge in [-0.1, -0.05) is 0 Å². The van der Waals surface area contributed by atoms with E-state index in [0.29, 0.717) is 24.5 Å². The number of hydrogen-bond acceptors (Lipinski definition) is 7. The van der Waals surface area contributed by atoms with Gasteiger partial charge in [0, 0.05) is 6.54 Å². The smallest absolute Gasteiger partial charge is 0.410 e. The third-order valence-corrected chi connectivity index (χ3v) is 4.06. The average Bonchev–Trinajstić information content (AvgIpc) is 2.90. The van der Waals surface area contributed by atoms with Gasteiger partial charge >= 0.3 is 12.1 Å². The predicted molar refractivity (Wildman–Crippen MR) is 99.5 cm³/mol. The van der Waals surface area contributed by atoms with Crippen LogP contribution in [0.3, 0.4) is 0 Å². The Morgan fingerprint density at radius 1 is 1.22 bits per heavy atom. The number of nitrogens with zero attached hydrogens (tertiary/aromatic N) is 3. The maximum atomic E-state index is 12.7. The Morgan fingerprint density at radius 3 is 2.37 bits per heavy atom. The summed E-state index contributed by atoms with van der Waals surface area (Å²) in [5.74, 6) is -0.318. The number of amides is 1. The lowest BCUT2D eigenvalue weighted by atomic mass is 10.0. The summed E-state index contributed by atoms with van der Waals surface area (Å²) < 4.78 is 17.5. The predicted octanol–water partition coefficient (Wildman–Crippen LogP) is 2.32. The molecule has 1 aromatic rings. The van der Waals surface area contributed by atoms with Gasteiger partial charge in [0.15, 0.2) is 5.69 Å². The number of nitrogens with two attached hydrogens (primary N) is 1. The van der Waals surface area contributed by atoms with E-state index in [1.807, 2.05) is 20.8 Å². The first kappa shape index (κ1) is 21.0. The Morgan fingerprint density at radius 2 is 1.85 bits per heavy atom. The van der Waals surface area contributed by atoms with Crippen molar-refractivity contribution < 1.29 is 23.8 Å². The van der Waals surface area contributed by atoms with Crippen LogP contribution in [0.1, 0.15) is 63.6 Å². The van der Waals surface area contributed by atoms with Gasteiger partial charge in [0.1, 0.15) is 11.4 Å². The van der Waals surface area contributed by atoms with Crippen molar-refractivity contribution in [3.63, 3.8) is 0 Å². The van der Waals surface area contributed by atoms with Crippen LogP contribution in [0.5, 0.6) is 0 Å². The van der Waals surface area contributed by atoms with Crippen molar-refractivity contribution in [2.75, 3.05) is 32.6 Å². The van der Waals surface area contributed by atoms with Crippen molar-refractivity contribution >= 4 is 17.9 Å². The molecular formula is C18H30N4O5. The number of ether oxygens (including phenoxy) is 3. The van der Waals surface area contributed by atoms with Crippen molar-refractivity contribution in [1.29, 1.82) is 0 Å². The van der Waals surface area contributed by atoms with Crippen molar-refractivity contribution in [2.24, 2.45) is 0 Å². The number of morpholine rings is 1. The summed E-state index contributed by atoms with van der Waals surface area (Å²) in [5, 5.41) is 4.38. The molecule has 9 nitrogen and oxygen atoms in total. The van der Waals surface area contributed by atoms with Crippen LogP contribution in [0.25, 0.3) is 0 Å². The highest BCUT2D eigenvalue weighted by Gasteiger charge is 2.39.